The highest BCUT2D eigenvalue weighted by molar-refractivity contribution is 5.83. The van der Waals surface area contributed by atoms with Crippen LogP contribution in [0.2, 0.25) is 0 Å². The number of halogens is 3. The molecular formula is C28H31F3N6. The van der Waals surface area contributed by atoms with Gasteiger partial charge in [0.2, 0.25) is 0 Å². The van der Waals surface area contributed by atoms with E-state index in [1.54, 1.807) is 12.3 Å². The quantitative estimate of drug-likeness (QED) is 0.492. The molecular weight excluding hydrogens is 477 g/mol. The van der Waals surface area contributed by atoms with Gasteiger partial charge in [-0.1, -0.05) is 42.5 Å². The lowest BCUT2D eigenvalue weighted by molar-refractivity contribution is -0.137. The van der Waals surface area contributed by atoms with E-state index in [0.717, 1.165) is 49.3 Å². The number of aromatic nitrogens is 1. The summed E-state index contributed by atoms with van der Waals surface area (Å²) in [6.07, 6.45) is -2.67. The Morgan fingerprint density at radius 2 is 1.73 bits per heavy atom. The Morgan fingerprint density at radius 3 is 2.46 bits per heavy atom. The number of nitrogens with zero attached hydrogens (tertiary/aromatic N) is 4. The number of anilines is 1. The number of hydrogen-bond donors (Lipinski definition) is 2. The molecule has 1 saturated heterocycles. The molecule has 0 saturated carbocycles. The predicted molar refractivity (Wildman–Crippen MR) is 139 cm³/mol. The molecule has 6 nitrogen and oxygen atoms in total. The van der Waals surface area contributed by atoms with Crippen LogP contribution in [-0.4, -0.2) is 54.0 Å². The van der Waals surface area contributed by atoms with Gasteiger partial charge >= 0.3 is 6.18 Å². The Balaban J connectivity index is 1.49. The second-order valence-electron chi connectivity index (χ2n) is 9.54. The molecule has 2 aliphatic heterocycles. The Morgan fingerprint density at radius 1 is 0.973 bits per heavy atom. The molecule has 2 unspecified atom stereocenters. The summed E-state index contributed by atoms with van der Waals surface area (Å²) >= 11 is 0. The summed E-state index contributed by atoms with van der Waals surface area (Å²) in [5.74, 6) is 1.51. The second kappa shape index (κ2) is 10.4. The second-order valence-corrected chi connectivity index (χ2v) is 9.54. The van der Waals surface area contributed by atoms with Gasteiger partial charge < -0.3 is 20.4 Å². The van der Waals surface area contributed by atoms with Crippen molar-refractivity contribution in [1.82, 2.24) is 20.1 Å². The first-order chi connectivity index (χ1) is 17.8. The number of rotatable bonds is 5. The Kier molecular flexibility index (Phi) is 7.06. The summed E-state index contributed by atoms with van der Waals surface area (Å²) in [6.45, 7) is 5.34. The Hall–Kier alpha value is -3.59. The highest BCUT2D eigenvalue weighted by Crippen LogP contribution is 2.43. The molecule has 1 fully saturated rings. The fourth-order valence-corrected chi connectivity index (χ4v) is 5.11. The van der Waals surface area contributed by atoms with Gasteiger partial charge in [0.1, 0.15) is 11.9 Å². The van der Waals surface area contributed by atoms with E-state index in [-0.39, 0.29) is 12.1 Å². The number of nitrogens with one attached hydrogen (secondary N) is 2. The fourth-order valence-electron chi connectivity index (χ4n) is 5.11. The van der Waals surface area contributed by atoms with Crippen molar-refractivity contribution in [3.63, 3.8) is 0 Å². The normalized spacial score (nSPS) is 21.1. The van der Waals surface area contributed by atoms with Crippen LogP contribution in [0.4, 0.5) is 19.0 Å². The number of likely N-dealkylation sites (N-methyl/N-ethyl adjacent to an activating group) is 1. The third-order valence-electron chi connectivity index (χ3n) is 7.03. The standard InChI is InChI=1S/C28H31F3N6/c1-19(20-7-4-3-5-8-20)34-24-18-22(11-12-33-24)26-25(21-9-6-10-23(17-21)28(29,30)31)35-27(36(26)2)37-15-13-32-14-16-37/h3-12,17-19,25-26,32H,13-16H2,1-2H3,(H,33,34)/t19-,25?,26?/m0/s1. The number of alkyl halides is 3. The first-order valence-corrected chi connectivity index (χ1v) is 12.5. The molecule has 1 aromatic heterocycles. The summed E-state index contributed by atoms with van der Waals surface area (Å²) < 4.78 is 40.7. The number of aliphatic imine (C=N–C) groups is 1. The van der Waals surface area contributed by atoms with Crippen LogP contribution in [0.25, 0.3) is 0 Å². The lowest BCUT2D eigenvalue weighted by Gasteiger charge is -2.35. The molecule has 3 aromatic rings. The van der Waals surface area contributed by atoms with Gasteiger partial charge in [0.05, 0.1) is 11.6 Å². The van der Waals surface area contributed by atoms with E-state index in [1.165, 1.54) is 12.1 Å². The molecule has 0 bridgehead atoms. The minimum atomic E-state index is -4.41. The van der Waals surface area contributed by atoms with Crippen molar-refractivity contribution in [2.75, 3.05) is 38.5 Å². The minimum absolute atomic E-state index is 0.0391. The molecule has 3 atom stereocenters. The maximum absolute atomic E-state index is 13.6. The third-order valence-corrected chi connectivity index (χ3v) is 7.03. The molecule has 0 spiro atoms. The largest absolute Gasteiger partial charge is 0.416 e. The molecule has 0 aliphatic carbocycles. The topological polar surface area (TPSA) is 55.8 Å². The predicted octanol–water partition coefficient (Wildman–Crippen LogP) is 5.26. The van der Waals surface area contributed by atoms with Crippen LogP contribution in [0.15, 0.2) is 77.9 Å². The fraction of sp³-hybridized carbons (Fsp3) is 0.357. The van der Waals surface area contributed by atoms with E-state index >= 15 is 0 Å². The number of guanidine groups is 1. The Bertz CT molecular complexity index is 1240. The average Bonchev–Trinajstić information content (AvgIpc) is 3.26. The van der Waals surface area contributed by atoms with Gasteiger partial charge in [0.25, 0.3) is 0 Å². The van der Waals surface area contributed by atoms with Gasteiger partial charge in [0, 0.05) is 45.5 Å². The molecule has 9 heteroatoms. The van der Waals surface area contributed by atoms with Gasteiger partial charge in [-0.3, -0.25) is 0 Å². The highest BCUT2D eigenvalue weighted by atomic mass is 19.4. The van der Waals surface area contributed by atoms with Crippen molar-refractivity contribution >= 4 is 11.8 Å². The molecule has 0 amide bonds. The zero-order valence-electron chi connectivity index (χ0n) is 20.9. The van der Waals surface area contributed by atoms with Crippen LogP contribution in [0.1, 0.15) is 47.3 Å². The van der Waals surface area contributed by atoms with Crippen molar-refractivity contribution in [2.24, 2.45) is 4.99 Å². The summed E-state index contributed by atoms with van der Waals surface area (Å²) in [5, 5.41) is 6.81. The first kappa shape index (κ1) is 25.1. The van der Waals surface area contributed by atoms with Crippen LogP contribution in [-0.2, 0) is 6.18 Å². The van der Waals surface area contributed by atoms with E-state index in [2.05, 4.69) is 44.5 Å². The summed E-state index contributed by atoms with van der Waals surface area (Å²) in [5.41, 5.74) is 1.96. The van der Waals surface area contributed by atoms with E-state index < -0.39 is 17.8 Å². The SMILES string of the molecule is C[C@H](Nc1cc(C2C(c3cccc(C(F)(F)F)c3)N=C(N3CCNCC3)N2C)ccn1)c1ccccc1. The smallest absolute Gasteiger partial charge is 0.364 e. The van der Waals surface area contributed by atoms with Crippen LogP contribution < -0.4 is 10.6 Å². The summed E-state index contributed by atoms with van der Waals surface area (Å²) in [4.78, 5) is 13.8. The molecule has 2 N–H and O–H groups in total. The lowest BCUT2D eigenvalue weighted by Crippen LogP contribution is -2.50. The zero-order valence-corrected chi connectivity index (χ0v) is 20.9. The number of pyridine rings is 1. The lowest BCUT2D eigenvalue weighted by atomic mass is 9.93. The number of hydrogen-bond acceptors (Lipinski definition) is 6. The molecule has 2 aromatic carbocycles. The maximum Gasteiger partial charge on any atom is 0.416 e. The van der Waals surface area contributed by atoms with Gasteiger partial charge in [-0.2, -0.15) is 13.2 Å². The third kappa shape index (κ3) is 5.41. The Labute approximate surface area is 215 Å². The van der Waals surface area contributed by atoms with Crippen LogP contribution in [0, 0.1) is 0 Å². The molecule has 0 radical (unpaired) electrons. The monoisotopic (exact) mass is 508 g/mol. The average molecular weight is 509 g/mol. The van der Waals surface area contributed by atoms with Crippen molar-refractivity contribution < 1.29 is 13.2 Å². The van der Waals surface area contributed by atoms with E-state index in [9.17, 15) is 13.2 Å². The molecule has 3 heterocycles. The van der Waals surface area contributed by atoms with Gasteiger partial charge in [-0.05, 0) is 47.9 Å². The summed E-state index contributed by atoms with van der Waals surface area (Å²) in [7, 11) is 1.97. The molecule has 194 valence electrons. The van der Waals surface area contributed by atoms with Gasteiger partial charge in [-0.25, -0.2) is 9.98 Å². The first-order valence-electron chi connectivity index (χ1n) is 12.5. The zero-order chi connectivity index (χ0) is 26.0. The van der Waals surface area contributed by atoms with E-state index in [4.69, 9.17) is 4.99 Å². The van der Waals surface area contributed by atoms with Crippen LogP contribution in [0.3, 0.4) is 0 Å². The van der Waals surface area contributed by atoms with Crippen molar-refractivity contribution in [3.05, 3.63) is 95.2 Å². The number of benzene rings is 2. The highest BCUT2D eigenvalue weighted by Gasteiger charge is 2.40. The molecule has 2 aliphatic rings. The van der Waals surface area contributed by atoms with E-state index in [0.29, 0.717) is 11.4 Å². The van der Waals surface area contributed by atoms with E-state index in [1.807, 2.05) is 37.4 Å². The number of piperazine rings is 1. The van der Waals surface area contributed by atoms with Crippen molar-refractivity contribution in [2.45, 2.75) is 31.2 Å². The minimum Gasteiger partial charge on any atom is -0.364 e. The summed E-state index contributed by atoms with van der Waals surface area (Å²) in [6, 6.07) is 18.8. The van der Waals surface area contributed by atoms with Crippen molar-refractivity contribution in [1.29, 1.82) is 0 Å². The van der Waals surface area contributed by atoms with Crippen molar-refractivity contribution in [3.8, 4) is 0 Å². The maximum atomic E-state index is 13.6. The van der Waals surface area contributed by atoms with Crippen LogP contribution >= 0.6 is 0 Å². The van der Waals surface area contributed by atoms with Gasteiger partial charge in [-0.15, -0.1) is 0 Å². The van der Waals surface area contributed by atoms with Gasteiger partial charge in [0.15, 0.2) is 5.96 Å². The molecule has 37 heavy (non-hydrogen) atoms. The van der Waals surface area contributed by atoms with Crippen LogP contribution in [0.5, 0.6) is 0 Å². The molecule has 5 rings (SSSR count).